The minimum absolute atomic E-state index is 0.0929. The van der Waals surface area contributed by atoms with Crippen LogP contribution in [0.1, 0.15) is 28.6 Å². The summed E-state index contributed by atoms with van der Waals surface area (Å²) in [5.41, 5.74) is 0.994. The monoisotopic (exact) mass is 354 g/mol. The molecule has 23 heavy (non-hydrogen) atoms. The third-order valence-electron chi connectivity index (χ3n) is 3.82. The highest BCUT2D eigenvalue weighted by Gasteiger charge is 2.16. The maximum Gasteiger partial charge on any atom is 0.261 e. The van der Waals surface area contributed by atoms with Crippen LogP contribution in [0.25, 0.3) is 10.1 Å². The lowest BCUT2D eigenvalue weighted by Gasteiger charge is -2.15. The lowest BCUT2D eigenvalue weighted by Crippen LogP contribution is -2.32. The molecule has 1 N–H and O–H groups in total. The Kier molecular flexibility index (Phi) is 5.78. The molecule has 0 bridgehead atoms. The zero-order valence-electron chi connectivity index (χ0n) is 13.6. The van der Waals surface area contributed by atoms with E-state index >= 15 is 0 Å². The van der Waals surface area contributed by atoms with Crippen molar-refractivity contribution in [3.63, 3.8) is 0 Å². The summed E-state index contributed by atoms with van der Waals surface area (Å²) in [7, 11) is -1.59. The molecule has 5 nitrogen and oxygen atoms in total. The number of benzene rings is 1. The fourth-order valence-corrected chi connectivity index (χ4v) is 4.31. The second-order valence-corrected chi connectivity index (χ2v) is 8.80. The summed E-state index contributed by atoms with van der Waals surface area (Å²) >= 11 is 1.49. The van der Waals surface area contributed by atoms with E-state index in [0.717, 1.165) is 20.5 Å². The van der Waals surface area contributed by atoms with E-state index in [4.69, 9.17) is 0 Å². The van der Waals surface area contributed by atoms with Gasteiger partial charge in [-0.15, -0.1) is 11.3 Å². The van der Waals surface area contributed by atoms with Crippen LogP contribution in [0.4, 0.5) is 0 Å². The maximum absolute atomic E-state index is 12.3. The molecule has 1 heterocycles. The van der Waals surface area contributed by atoms with Gasteiger partial charge in [-0.3, -0.25) is 4.79 Å². The standard InChI is InChI=1S/C16H22N2O3S2/c1-4-23(20,21)18(3)11-7-10-17-16(19)15-12(2)13-8-5-6-9-14(13)22-15/h5-6,8-9H,4,7,10-11H2,1-3H3,(H,17,19). The van der Waals surface area contributed by atoms with Crippen molar-refractivity contribution in [3.05, 3.63) is 34.7 Å². The van der Waals surface area contributed by atoms with Gasteiger partial charge in [0.05, 0.1) is 10.6 Å². The van der Waals surface area contributed by atoms with Crippen molar-refractivity contribution in [2.45, 2.75) is 20.3 Å². The zero-order chi connectivity index (χ0) is 17.0. The Morgan fingerprint density at radius 2 is 2.00 bits per heavy atom. The first-order chi connectivity index (χ1) is 10.9. The van der Waals surface area contributed by atoms with E-state index in [1.165, 1.54) is 15.6 Å². The van der Waals surface area contributed by atoms with E-state index in [1.54, 1.807) is 14.0 Å². The van der Waals surface area contributed by atoms with Crippen LogP contribution >= 0.6 is 11.3 Å². The van der Waals surface area contributed by atoms with Gasteiger partial charge in [0.2, 0.25) is 10.0 Å². The summed E-state index contributed by atoms with van der Waals surface area (Å²) < 4.78 is 25.7. The molecular weight excluding hydrogens is 332 g/mol. The van der Waals surface area contributed by atoms with E-state index in [1.807, 2.05) is 31.2 Å². The number of nitrogens with zero attached hydrogens (tertiary/aromatic N) is 1. The Morgan fingerprint density at radius 3 is 2.65 bits per heavy atom. The fraction of sp³-hybridized carbons (Fsp3) is 0.438. The number of aryl methyl sites for hydroxylation is 1. The van der Waals surface area contributed by atoms with Crippen LogP contribution in [-0.4, -0.2) is 44.5 Å². The number of thiophene rings is 1. The van der Waals surface area contributed by atoms with Crippen molar-refractivity contribution in [1.82, 2.24) is 9.62 Å². The van der Waals surface area contributed by atoms with E-state index in [-0.39, 0.29) is 11.7 Å². The highest BCUT2D eigenvalue weighted by Crippen LogP contribution is 2.30. The first-order valence-electron chi connectivity index (χ1n) is 7.57. The third kappa shape index (κ3) is 4.10. The number of fused-ring (bicyclic) bond motifs is 1. The molecule has 0 aliphatic heterocycles. The van der Waals surface area contributed by atoms with Crippen LogP contribution in [0.2, 0.25) is 0 Å². The van der Waals surface area contributed by atoms with Crippen molar-refractivity contribution in [3.8, 4) is 0 Å². The van der Waals surface area contributed by atoms with Crippen molar-refractivity contribution < 1.29 is 13.2 Å². The number of hydrogen-bond acceptors (Lipinski definition) is 4. The van der Waals surface area contributed by atoms with Gasteiger partial charge in [0, 0.05) is 24.8 Å². The van der Waals surface area contributed by atoms with E-state index < -0.39 is 10.0 Å². The normalized spacial score (nSPS) is 12.0. The van der Waals surface area contributed by atoms with Gasteiger partial charge in [-0.05, 0) is 37.3 Å². The molecule has 0 spiro atoms. The second-order valence-electron chi connectivity index (χ2n) is 5.38. The smallest absolute Gasteiger partial charge is 0.261 e. The second kappa shape index (κ2) is 7.42. The number of carbonyl (C=O) groups is 1. The molecule has 2 aromatic rings. The van der Waals surface area contributed by atoms with Crippen LogP contribution < -0.4 is 5.32 Å². The van der Waals surface area contributed by atoms with Gasteiger partial charge in [-0.2, -0.15) is 0 Å². The van der Waals surface area contributed by atoms with Crippen molar-refractivity contribution in [2.24, 2.45) is 0 Å². The molecule has 0 unspecified atom stereocenters. The molecule has 0 aliphatic rings. The van der Waals surface area contributed by atoms with Crippen LogP contribution in [-0.2, 0) is 10.0 Å². The Balaban J connectivity index is 1.91. The Labute approximate surface area is 141 Å². The quantitative estimate of drug-likeness (QED) is 0.777. The Morgan fingerprint density at radius 1 is 1.30 bits per heavy atom. The highest BCUT2D eigenvalue weighted by molar-refractivity contribution is 7.89. The molecule has 1 aromatic carbocycles. The molecule has 1 aromatic heterocycles. The maximum atomic E-state index is 12.3. The van der Waals surface area contributed by atoms with Gasteiger partial charge in [-0.1, -0.05) is 18.2 Å². The highest BCUT2D eigenvalue weighted by atomic mass is 32.2. The minimum Gasteiger partial charge on any atom is -0.351 e. The summed E-state index contributed by atoms with van der Waals surface area (Å²) in [5, 5.41) is 3.98. The first kappa shape index (κ1) is 17.9. The van der Waals surface area contributed by atoms with E-state index in [9.17, 15) is 13.2 Å². The molecule has 0 saturated carbocycles. The van der Waals surface area contributed by atoms with Crippen LogP contribution in [0.15, 0.2) is 24.3 Å². The van der Waals surface area contributed by atoms with Crippen LogP contribution in [0.3, 0.4) is 0 Å². The minimum atomic E-state index is -3.15. The molecular formula is C16H22N2O3S2. The molecule has 0 aliphatic carbocycles. The Bertz CT molecular complexity index is 797. The lowest BCUT2D eigenvalue weighted by molar-refractivity contribution is 0.0956. The van der Waals surface area contributed by atoms with Crippen LogP contribution in [0, 0.1) is 6.92 Å². The largest absolute Gasteiger partial charge is 0.351 e. The number of amides is 1. The average molecular weight is 354 g/mol. The zero-order valence-corrected chi connectivity index (χ0v) is 15.3. The fourth-order valence-electron chi connectivity index (χ4n) is 2.33. The van der Waals surface area contributed by atoms with Gasteiger partial charge in [-0.25, -0.2) is 12.7 Å². The van der Waals surface area contributed by atoms with Gasteiger partial charge >= 0.3 is 0 Å². The van der Waals surface area contributed by atoms with Crippen molar-refractivity contribution in [1.29, 1.82) is 0 Å². The molecule has 7 heteroatoms. The first-order valence-corrected chi connectivity index (χ1v) is 9.99. The van der Waals surface area contributed by atoms with Crippen molar-refractivity contribution in [2.75, 3.05) is 25.9 Å². The average Bonchev–Trinajstić information content (AvgIpc) is 2.88. The van der Waals surface area contributed by atoms with E-state index in [2.05, 4.69) is 5.32 Å². The summed E-state index contributed by atoms with van der Waals surface area (Å²) in [5.74, 6) is 0.00122. The summed E-state index contributed by atoms with van der Waals surface area (Å²) in [4.78, 5) is 13.0. The number of sulfonamides is 1. The Hall–Kier alpha value is -1.44. The molecule has 126 valence electrons. The van der Waals surface area contributed by atoms with E-state index in [0.29, 0.717) is 19.5 Å². The third-order valence-corrected chi connectivity index (χ3v) is 6.96. The van der Waals surface area contributed by atoms with Crippen LogP contribution in [0.5, 0.6) is 0 Å². The molecule has 0 atom stereocenters. The van der Waals surface area contributed by atoms with Gasteiger partial charge < -0.3 is 5.32 Å². The number of nitrogens with one attached hydrogen (secondary N) is 1. The number of rotatable bonds is 7. The summed E-state index contributed by atoms with van der Waals surface area (Å²) in [6, 6.07) is 7.95. The molecule has 0 saturated heterocycles. The van der Waals surface area contributed by atoms with Crippen molar-refractivity contribution >= 4 is 37.4 Å². The lowest BCUT2D eigenvalue weighted by atomic mass is 10.1. The SMILES string of the molecule is CCS(=O)(=O)N(C)CCCNC(=O)c1sc2ccccc2c1C. The molecule has 2 rings (SSSR count). The van der Waals surface area contributed by atoms with Gasteiger partial charge in [0.1, 0.15) is 0 Å². The summed E-state index contributed by atoms with van der Waals surface area (Å²) in [6.07, 6.45) is 0.589. The topological polar surface area (TPSA) is 66.5 Å². The molecule has 1 amide bonds. The summed E-state index contributed by atoms with van der Waals surface area (Å²) in [6.45, 7) is 4.44. The van der Waals surface area contributed by atoms with Gasteiger partial charge in [0.25, 0.3) is 5.91 Å². The number of hydrogen-bond donors (Lipinski definition) is 1. The predicted molar refractivity (Wildman–Crippen MR) is 95.6 cm³/mol. The predicted octanol–water partition coefficient (Wildman–Crippen LogP) is 2.61. The molecule has 0 fully saturated rings. The molecule has 0 radical (unpaired) electrons. The number of carbonyl (C=O) groups excluding carboxylic acids is 1. The van der Waals surface area contributed by atoms with Gasteiger partial charge in [0.15, 0.2) is 0 Å².